The molecule has 1 unspecified atom stereocenters. The highest BCUT2D eigenvalue weighted by Crippen LogP contribution is 2.20. The molecule has 106 valence electrons. The number of nitrogens with one attached hydrogen (secondary N) is 1. The van der Waals surface area contributed by atoms with Crippen molar-refractivity contribution < 1.29 is 9.21 Å². The van der Waals surface area contributed by atoms with Crippen LogP contribution in [0.2, 0.25) is 5.35 Å². The van der Waals surface area contributed by atoms with Gasteiger partial charge in [-0.25, -0.2) is 0 Å². The van der Waals surface area contributed by atoms with Crippen LogP contribution in [0.4, 0.5) is 0 Å². The molecule has 0 radical (unpaired) electrons. The van der Waals surface area contributed by atoms with Gasteiger partial charge in [0.05, 0.1) is 6.04 Å². The Morgan fingerprint density at radius 3 is 2.76 bits per heavy atom. The maximum atomic E-state index is 12.3. The highest BCUT2D eigenvalue weighted by Gasteiger charge is 2.13. The molecule has 1 N–H and O–H groups in total. The molecule has 5 heteroatoms. The van der Waals surface area contributed by atoms with E-state index >= 15 is 0 Å². The van der Waals surface area contributed by atoms with E-state index in [9.17, 15) is 4.79 Å². The van der Waals surface area contributed by atoms with Gasteiger partial charge < -0.3 is 9.73 Å². The van der Waals surface area contributed by atoms with Crippen molar-refractivity contribution in [1.82, 2.24) is 10.3 Å². The number of halogens is 1. The van der Waals surface area contributed by atoms with Crippen LogP contribution in [-0.2, 0) is 0 Å². The van der Waals surface area contributed by atoms with Crippen molar-refractivity contribution in [2.75, 3.05) is 0 Å². The molecular weight excluding hydrogens is 288 g/mol. The monoisotopic (exact) mass is 300 g/mol. The Morgan fingerprint density at radius 1 is 1.24 bits per heavy atom. The molecule has 0 saturated heterocycles. The van der Waals surface area contributed by atoms with Gasteiger partial charge >= 0.3 is 0 Å². The van der Waals surface area contributed by atoms with Gasteiger partial charge in [0.15, 0.2) is 5.58 Å². The van der Waals surface area contributed by atoms with Gasteiger partial charge in [0.2, 0.25) is 0 Å². The summed E-state index contributed by atoms with van der Waals surface area (Å²) < 4.78 is 5.22. The lowest BCUT2D eigenvalue weighted by Gasteiger charge is -2.14. The van der Waals surface area contributed by atoms with E-state index in [2.05, 4.69) is 10.3 Å². The topological polar surface area (TPSA) is 55.1 Å². The molecule has 1 atom stereocenters. The van der Waals surface area contributed by atoms with Crippen molar-refractivity contribution in [3.63, 3.8) is 0 Å². The van der Waals surface area contributed by atoms with Crippen LogP contribution in [0.5, 0.6) is 0 Å². The number of rotatable bonds is 3. The number of amides is 1. The van der Waals surface area contributed by atoms with E-state index in [0.717, 1.165) is 5.56 Å². The molecule has 1 heterocycles. The van der Waals surface area contributed by atoms with Crippen LogP contribution in [0.3, 0.4) is 0 Å². The summed E-state index contributed by atoms with van der Waals surface area (Å²) in [5.41, 5.74) is 2.69. The van der Waals surface area contributed by atoms with Crippen LogP contribution >= 0.6 is 11.6 Å². The highest BCUT2D eigenvalue weighted by molar-refractivity contribution is 6.28. The Hall–Kier alpha value is -2.33. The largest absolute Gasteiger partial charge is 0.428 e. The Morgan fingerprint density at radius 2 is 2.00 bits per heavy atom. The van der Waals surface area contributed by atoms with Crippen molar-refractivity contribution in [2.45, 2.75) is 13.0 Å². The summed E-state index contributed by atoms with van der Waals surface area (Å²) in [6.45, 7) is 1.94. The fourth-order valence-electron chi connectivity index (χ4n) is 2.14. The number of carbonyl (C=O) groups excluding carboxylic acids is 1. The zero-order valence-corrected chi connectivity index (χ0v) is 12.1. The summed E-state index contributed by atoms with van der Waals surface area (Å²) >= 11 is 5.70. The zero-order chi connectivity index (χ0) is 14.8. The van der Waals surface area contributed by atoms with Gasteiger partial charge in [0.1, 0.15) is 5.52 Å². The molecule has 0 aliphatic rings. The number of carbonyl (C=O) groups is 1. The minimum Gasteiger partial charge on any atom is -0.428 e. The van der Waals surface area contributed by atoms with Crippen LogP contribution in [0, 0.1) is 0 Å². The summed E-state index contributed by atoms with van der Waals surface area (Å²) in [7, 11) is 0. The van der Waals surface area contributed by atoms with Crippen molar-refractivity contribution in [2.24, 2.45) is 0 Å². The summed E-state index contributed by atoms with van der Waals surface area (Å²) in [6, 6.07) is 14.8. The number of aromatic nitrogens is 1. The normalized spacial score (nSPS) is 12.3. The molecule has 0 aliphatic carbocycles. The van der Waals surface area contributed by atoms with E-state index in [1.54, 1.807) is 18.2 Å². The smallest absolute Gasteiger partial charge is 0.293 e. The van der Waals surface area contributed by atoms with Crippen LogP contribution in [0.15, 0.2) is 52.9 Å². The Bertz CT molecular complexity index is 783. The number of hydrogen-bond acceptors (Lipinski definition) is 3. The van der Waals surface area contributed by atoms with Crippen molar-refractivity contribution in [3.05, 3.63) is 65.0 Å². The fourth-order valence-corrected chi connectivity index (χ4v) is 2.32. The minimum atomic E-state index is -0.166. The van der Waals surface area contributed by atoms with Crippen molar-refractivity contribution in [3.8, 4) is 0 Å². The molecule has 0 aliphatic heterocycles. The first-order valence-corrected chi connectivity index (χ1v) is 6.93. The third kappa shape index (κ3) is 2.90. The molecular formula is C16H13ClN2O2. The molecule has 3 rings (SSSR count). The van der Waals surface area contributed by atoms with E-state index in [1.807, 2.05) is 37.3 Å². The number of nitrogens with zero attached hydrogens (tertiary/aromatic N) is 1. The molecule has 0 spiro atoms. The maximum absolute atomic E-state index is 12.3. The highest BCUT2D eigenvalue weighted by atomic mass is 35.5. The van der Waals surface area contributed by atoms with E-state index in [1.165, 1.54) is 0 Å². The average Bonchev–Trinajstić information content (AvgIpc) is 2.87. The fraction of sp³-hybridized carbons (Fsp3) is 0.125. The molecule has 21 heavy (non-hydrogen) atoms. The molecule has 0 bridgehead atoms. The quantitative estimate of drug-likeness (QED) is 0.796. The van der Waals surface area contributed by atoms with Crippen LogP contribution in [0.25, 0.3) is 11.1 Å². The number of fused-ring (bicyclic) bond motifs is 1. The SMILES string of the molecule is CC(NC(=O)c1ccc2nc(Cl)oc2c1)c1ccccc1. The van der Waals surface area contributed by atoms with Crippen LogP contribution in [-0.4, -0.2) is 10.9 Å². The second-order valence-electron chi connectivity index (χ2n) is 4.76. The minimum absolute atomic E-state index is 0.0696. The van der Waals surface area contributed by atoms with Crippen LogP contribution in [0.1, 0.15) is 28.9 Å². The molecule has 0 saturated carbocycles. The average molecular weight is 301 g/mol. The van der Waals surface area contributed by atoms with Gasteiger partial charge in [0.25, 0.3) is 11.3 Å². The first kappa shape index (κ1) is 13.6. The second kappa shape index (κ2) is 5.58. The third-order valence-electron chi connectivity index (χ3n) is 3.27. The van der Waals surface area contributed by atoms with Crippen molar-refractivity contribution in [1.29, 1.82) is 0 Å². The zero-order valence-electron chi connectivity index (χ0n) is 11.3. The summed E-state index contributed by atoms with van der Waals surface area (Å²) in [4.78, 5) is 16.3. The van der Waals surface area contributed by atoms with Crippen molar-refractivity contribution >= 4 is 28.6 Å². The third-order valence-corrected chi connectivity index (χ3v) is 3.43. The lowest BCUT2D eigenvalue weighted by molar-refractivity contribution is 0.0940. The first-order chi connectivity index (χ1) is 10.1. The number of oxazole rings is 1. The van der Waals surface area contributed by atoms with Crippen LogP contribution < -0.4 is 5.32 Å². The Kier molecular flexibility index (Phi) is 3.62. The van der Waals surface area contributed by atoms with E-state index in [-0.39, 0.29) is 17.3 Å². The number of hydrogen-bond donors (Lipinski definition) is 1. The molecule has 0 fully saturated rings. The molecule has 1 amide bonds. The molecule has 1 aromatic heterocycles. The summed E-state index contributed by atoms with van der Waals surface area (Å²) in [5.74, 6) is -0.166. The standard InChI is InChI=1S/C16H13ClN2O2/c1-10(11-5-3-2-4-6-11)18-15(20)12-7-8-13-14(9-12)21-16(17)19-13/h2-10H,1H3,(H,18,20). The summed E-state index contributed by atoms with van der Waals surface area (Å²) in [5, 5.41) is 3.02. The lowest BCUT2D eigenvalue weighted by atomic mass is 10.1. The Labute approximate surface area is 126 Å². The Balaban J connectivity index is 1.80. The predicted octanol–water partition coefficient (Wildman–Crippen LogP) is 3.97. The van der Waals surface area contributed by atoms with E-state index in [4.69, 9.17) is 16.0 Å². The predicted molar refractivity (Wildman–Crippen MR) is 81.3 cm³/mol. The van der Waals surface area contributed by atoms with Gasteiger partial charge in [0, 0.05) is 5.56 Å². The first-order valence-electron chi connectivity index (χ1n) is 6.55. The van der Waals surface area contributed by atoms with Gasteiger partial charge in [-0.3, -0.25) is 4.79 Å². The lowest BCUT2D eigenvalue weighted by Crippen LogP contribution is -2.26. The van der Waals surface area contributed by atoms with E-state index < -0.39 is 0 Å². The van der Waals surface area contributed by atoms with Gasteiger partial charge in [-0.05, 0) is 42.3 Å². The summed E-state index contributed by atoms with van der Waals surface area (Å²) in [6.07, 6.45) is 0. The number of benzene rings is 2. The maximum Gasteiger partial charge on any atom is 0.293 e. The van der Waals surface area contributed by atoms with E-state index in [0.29, 0.717) is 16.7 Å². The molecule has 4 nitrogen and oxygen atoms in total. The van der Waals surface area contributed by atoms with Gasteiger partial charge in [-0.1, -0.05) is 30.3 Å². The second-order valence-corrected chi connectivity index (χ2v) is 5.08. The molecule has 3 aromatic rings. The van der Waals surface area contributed by atoms with Gasteiger partial charge in [-0.2, -0.15) is 4.98 Å². The molecule has 2 aromatic carbocycles. The van der Waals surface area contributed by atoms with Gasteiger partial charge in [-0.15, -0.1) is 0 Å².